The quantitative estimate of drug-likeness (QED) is 0.812. The lowest BCUT2D eigenvalue weighted by atomic mass is 10.0. The first-order chi connectivity index (χ1) is 13.5. The van der Waals surface area contributed by atoms with E-state index in [0.29, 0.717) is 19.5 Å². The van der Waals surface area contributed by atoms with Gasteiger partial charge in [0.15, 0.2) is 0 Å². The third-order valence-electron chi connectivity index (χ3n) is 5.55. The molecule has 0 spiro atoms. The van der Waals surface area contributed by atoms with Crippen LogP contribution in [0.5, 0.6) is 0 Å². The van der Waals surface area contributed by atoms with Gasteiger partial charge < -0.3 is 10.3 Å². The van der Waals surface area contributed by atoms with Crippen molar-refractivity contribution >= 4 is 22.6 Å². The SMILES string of the molecule is CC1=CN=C(C(F)(F)CN2CCC(Nc3ncnc4[nH]ccc34)CC2)CCC1. The summed E-state index contributed by atoms with van der Waals surface area (Å²) in [5.74, 6) is -2.07. The van der Waals surface area contributed by atoms with Crippen molar-refractivity contribution in [2.75, 3.05) is 25.0 Å². The molecule has 0 saturated carbocycles. The molecule has 0 radical (unpaired) electrons. The second-order valence-electron chi connectivity index (χ2n) is 7.77. The highest BCUT2D eigenvalue weighted by Gasteiger charge is 2.38. The van der Waals surface area contributed by atoms with E-state index in [9.17, 15) is 8.78 Å². The van der Waals surface area contributed by atoms with E-state index in [1.807, 2.05) is 24.1 Å². The molecule has 2 aromatic heterocycles. The molecule has 2 aromatic rings. The predicted octanol–water partition coefficient (Wildman–Crippen LogP) is 4.00. The van der Waals surface area contributed by atoms with Gasteiger partial charge in [-0.05, 0) is 45.1 Å². The number of anilines is 1. The van der Waals surface area contributed by atoms with Gasteiger partial charge in [-0.3, -0.25) is 9.89 Å². The highest BCUT2D eigenvalue weighted by Crippen LogP contribution is 2.27. The van der Waals surface area contributed by atoms with Crippen LogP contribution in [-0.2, 0) is 0 Å². The average molecular weight is 388 g/mol. The molecule has 0 bridgehead atoms. The van der Waals surface area contributed by atoms with Crippen molar-refractivity contribution in [3.8, 4) is 0 Å². The third-order valence-corrected chi connectivity index (χ3v) is 5.55. The Hall–Kier alpha value is -2.35. The molecule has 0 atom stereocenters. The fourth-order valence-electron chi connectivity index (χ4n) is 3.92. The number of halogens is 2. The number of aromatic amines is 1. The van der Waals surface area contributed by atoms with Gasteiger partial charge in [0.25, 0.3) is 5.92 Å². The topological polar surface area (TPSA) is 69.2 Å². The van der Waals surface area contributed by atoms with Crippen LogP contribution in [0, 0.1) is 0 Å². The number of H-pyrrole nitrogens is 1. The minimum atomic E-state index is -2.87. The van der Waals surface area contributed by atoms with Crippen molar-refractivity contribution in [3.63, 3.8) is 0 Å². The number of aliphatic imine (C=N–C) groups is 1. The van der Waals surface area contributed by atoms with E-state index in [-0.39, 0.29) is 18.3 Å². The second-order valence-corrected chi connectivity index (χ2v) is 7.77. The first-order valence-electron chi connectivity index (χ1n) is 9.89. The number of fused-ring (bicyclic) bond motifs is 1. The molecule has 0 amide bonds. The van der Waals surface area contributed by atoms with E-state index >= 15 is 0 Å². The number of allylic oxidation sites excluding steroid dienone is 1. The maximum absolute atomic E-state index is 14.7. The number of likely N-dealkylation sites (tertiary alicyclic amines) is 1. The van der Waals surface area contributed by atoms with Crippen molar-refractivity contribution in [2.45, 2.75) is 51.0 Å². The minimum Gasteiger partial charge on any atom is -0.367 e. The summed E-state index contributed by atoms with van der Waals surface area (Å²) in [5, 5.41) is 4.40. The zero-order chi connectivity index (χ0) is 19.6. The van der Waals surface area contributed by atoms with Crippen LogP contribution < -0.4 is 5.32 Å². The van der Waals surface area contributed by atoms with E-state index in [1.54, 1.807) is 6.20 Å². The average Bonchev–Trinajstić information content (AvgIpc) is 3.05. The molecule has 0 aromatic carbocycles. The highest BCUT2D eigenvalue weighted by atomic mass is 19.3. The Bertz CT molecular complexity index is 880. The fraction of sp³-hybridized carbons (Fsp3) is 0.550. The van der Waals surface area contributed by atoms with E-state index in [1.165, 1.54) is 6.33 Å². The second kappa shape index (κ2) is 7.95. The number of nitrogens with zero attached hydrogens (tertiary/aromatic N) is 4. The van der Waals surface area contributed by atoms with Crippen molar-refractivity contribution in [2.24, 2.45) is 4.99 Å². The molecule has 2 aliphatic heterocycles. The van der Waals surface area contributed by atoms with E-state index in [0.717, 1.165) is 48.1 Å². The maximum atomic E-state index is 14.7. The van der Waals surface area contributed by atoms with E-state index < -0.39 is 5.92 Å². The summed E-state index contributed by atoms with van der Waals surface area (Å²) in [6.45, 7) is 2.97. The standard InChI is InChI=1S/C20H26F2N6/c1-14-3-2-4-17(24-11-14)20(21,22)12-28-9-6-15(7-10-28)27-19-16-5-8-23-18(16)25-13-26-19/h5,8,11,13,15H,2-4,6-7,9-10,12H2,1H3,(H2,23,25,26,27). The molecule has 2 N–H and O–H groups in total. The highest BCUT2D eigenvalue weighted by molar-refractivity contribution is 5.92. The van der Waals surface area contributed by atoms with Crippen LogP contribution >= 0.6 is 0 Å². The number of piperidine rings is 1. The largest absolute Gasteiger partial charge is 0.367 e. The van der Waals surface area contributed by atoms with E-state index in [4.69, 9.17) is 0 Å². The molecule has 6 nitrogen and oxygen atoms in total. The Labute approximate surface area is 163 Å². The number of aromatic nitrogens is 3. The van der Waals surface area contributed by atoms with Gasteiger partial charge >= 0.3 is 0 Å². The number of rotatable bonds is 5. The Morgan fingerprint density at radius 3 is 2.89 bits per heavy atom. The van der Waals surface area contributed by atoms with Gasteiger partial charge in [-0.15, -0.1) is 0 Å². The summed E-state index contributed by atoms with van der Waals surface area (Å²) in [7, 11) is 0. The van der Waals surface area contributed by atoms with Crippen LogP contribution in [0.25, 0.3) is 11.0 Å². The summed E-state index contributed by atoms with van der Waals surface area (Å²) in [6.07, 6.45) is 8.54. The van der Waals surface area contributed by atoms with Gasteiger partial charge in [0.05, 0.1) is 17.6 Å². The lowest BCUT2D eigenvalue weighted by Gasteiger charge is -2.34. The minimum absolute atomic E-state index is 0.0282. The summed E-state index contributed by atoms with van der Waals surface area (Å²) >= 11 is 0. The van der Waals surface area contributed by atoms with Crippen molar-refractivity contribution < 1.29 is 8.78 Å². The molecule has 1 saturated heterocycles. The molecular weight excluding hydrogens is 362 g/mol. The van der Waals surface area contributed by atoms with Gasteiger partial charge in [0.1, 0.15) is 17.8 Å². The first kappa shape index (κ1) is 19.0. The smallest absolute Gasteiger partial charge is 0.298 e. The van der Waals surface area contributed by atoms with Crippen LogP contribution in [0.3, 0.4) is 0 Å². The van der Waals surface area contributed by atoms with Gasteiger partial charge in [-0.2, -0.15) is 8.78 Å². The van der Waals surface area contributed by atoms with Crippen LogP contribution in [-0.4, -0.2) is 57.2 Å². The fourth-order valence-corrected chi connectivity index (χ4v) is 3.92. The number of hydrogen-bond donors (Lipinski definition) is 2. The van der Waals surface area contributed by atoms with Crippen molar-refractivity contribution in [1.82, 2.24) is 19.9 Å². The molecule has 2 aliphatic rings. The zero-order valence-electron chi connectivity index (χ0n) is 16.1. The van der Waals surface area contributed by atoms with Crippen LogP contribution in [0.2, 0.25) is 0 Å². The van der Waals surface area contributed by atoms with E-state index in [2.05, 4.69) is 25.3 Å². The first-order valence-corrected chi connectivity index (χ1v) is 9.89. The summed E-state index contributed by atoms with van der Waals surface area (Å²) < 4.78 is 29.5. The Balaban J connectivity index is 1.33. The van der Waals surface area contributed by atoms with Gasteiger partial charge in [0, 0.05) is 31.5 Å². The van der Waals surface area contributed by atoms with Gasteiger partial charge in [-0.1, -0.05) is 5.57 Å². The Morgan fingerprint density at radius 2 is 2.07 bits per heavy atom. The summed E-state index contributed by atoms with van der Waals surface area (Å²) in [4.78, 5) is 17.5. The maximum Gasteiger partial charge on any atom is 0.298 e. The summed E-state index contributed by atoms with van der Waals surface area (Å²) in [6, 6.07) is 2.16. The molecule has 4 heterocycles. The number of alkyl halides is 2. The van der Waals surface area contributed by atoms with Gasteiger partial charge in [-0.25, -0.2) is 9.97 Å². The molecule has 8 heteroatoms. The van der Waals surface area contributed by atoms with Crippen LogP contribution in [0.1, 0.15) is 39.0 Å². The molecule has 0 unspecified atom stereocenters. The Morgan fingerprint density at radius 1 is 1.25 bits per heavy atom. The van der Waals surface area contributed by atoms with Crippen molar-refractivity contribution in [3.05, 3.63) is 30.4 Å². The van der Waals surface area contributed by atoms with Crippen LogP contribution in [0.4, 0.5) is 14.6 Å². The lowest BCUT2D eigenvalue weighted by molar-refractivity contribution is 0.0235. The summed E-state index contributed by atoms with van der Waals surface area (Å²) in [5.41, 5.74) is 1.89. The van der Waals surface area contributed by atoms with Crippen molar-refractivity contribution in [1.29, 1.82) is 0 Å². The monoisotopic (exact) mass is 388 g/mol. The third kappa shape index (κ3) is 4.22. The molecule has 1 fully saturated rings. The molecule has 4 rings (SSSR count). The van der Waals surface area contributed by atoms with Crippen LogP contribution in [0.15, 0.2) is 35.4 Å². The molecule has 28 heavy (non-hydrogen) atoms. The number of hydrogen-bond acceptors (Lipinski definition) is 5. The number of nitrogens with one attached hydrogen (secondary N) is 2. The molecule has 150 valence electrons. The molecular formula is C20H26F2N6. The normalized spacial score (nSPS) is 20.0. The zero-order valence-corrected chi connectivity index (χ0v) is 16.1. The molecule has 0 aliphatic carbocycles. The lowest BCUT2D eigenvalue weighted by Crippen LogP contribution is -2.47. The predicted molar refractivity (Wildman–Crippen MR) is 107 cm³/mol. The Kier molecular flexibility index (Phi) is 5.39. The van der Waals surface area contributed by atoms with Gasteiger partial charge in [0.2, 0.25) is 0 Å².